The third kappa shape index (κ3) is 9.23. The molecule has 1 aliphatic rings. The number of rotatable bonds is 8. The second-order valence-electron chi connectivity index (χ2n) is 7.31. The van der Waals surface area contributed by atoms with Gasteiger partial charge in [0.2, 0.25) is 5.91 Å². The second-order valence-corrected chi connectivity index (χ2v) is 7.31. The van der Waals surface area contributed by atoms with Gasteiger partial charge in [-0.15, -0.1) is 24.0 Å². The van der Waals surface area contributed by atoms with E-state index >= 15 is 0 Å². The molecule has 1 aliphatic heterocycles. The summed E-state index contributed by atoms with van der Waals surface area (Å²) in [5, 5.41) is 6.46. The van der Waals surface area contributed by atoms with Gasteiger partial charge in [-0.1, -0.05) is 30.7 Å². The summed E-state index contributed by atoms with van der Waals surface area (Å²) in [6, 6.07) is 8.77. The molecule has 1 aromatic rings. The van der Waals surface area contributed by atoms with Crippen molar-refractivity contribution >= 4 is 35.8 Å². The van der Waals surface area contributed by atoms with Gasteiger partial charge in [0.05, 0.1) is 6.54 Å². The Hall–Kier alpha value is -1.35. The molecular formula is C21H36IN5O. The van der Waals surface area contributed by atoms with Crippen molar-refractivity contribution in [2.45, 2.75) is 45.7 Å². The van der Waals surface area contributed by atoms with Gasteiger partial charge in [0.25, 0.3) is 0 Å². The largest absolute Gasteiger partial charge is 0.357 e. The molecule has 2 rings (SSSR count). The number of benzene rings is 1. The highest BCUT2D eigenvalue weighted by atomic mass is 127. The fourth-order valence-corrected chi connectivity index (χ4v) is 3.15. The molecule has 0 unspecified atom stereocenters. The van der Waals surface area contributed by atoms with Crippen molar-refractivity contribution in [3.8, 4) is 0 Å². The minimum atomic E-state index is 0. The van der Waals surface area contributed by atoms with Crippen LogP contribution in [0.5, 0.6) is 0 Å². The van der Waals surface area contributed by atoms with E-state index in [0.717, 1.165) is 19.0 Å². The number of nitrogens with one attached hydrogen (secondary N) is 2. The van der Waals surface area contributed by atoms with Crippen molar-refractivity contribution in [1.82, 2.24) is 20.4 Å². The molecule has 6 nitrogen and oxygen atoms in total. The third-order valence-electron chi connectivity index (χ3n) is 4.77. The maximum absolute atomic E-state index is 11.7. The van der Waals surface area contributed by atoms with E-state index in [9.17, 15) is 4.79 Å². The highest BCUT2D eigenvalue weighted by molar-refractivity contribution is 14.0. The highest BCUT2D eigenvalue weighted by Crippen LogP contribution is 2.14. The van der Waals surface area contributed by atoms with Crippen LogP contribution in [0, 0.1) is 0 Å². The number of piperidine rings is 1. The maximum Gasteiger partial charge on any atom is 0.223 e. The number of guanidine groups is 1. The van der Waals surface area contributed by atoms with Crippen molar-refractivity contribution < 1.29 is 4.79 Å². The molecule has 1 saturated heterocycles. The second kappa shape index (κ2) is 13.8. The van der Waals surface area contributed by atoms with E-state index in [0.29, 0.717) is 19.5 Å². The van der Waals surface area contributed by atoms with Crippen molar-refractivity contribution in [2.75, 3.05) is 40.3 Å². The van der Waals surface area contributed by atoms with E-state index < -0.39 is 0 Å². The van der Waals surface area contributed by atoms with Gasteiger partial charge in [0.1, 0.15) is 0 Å². The van der Waals surface area contributed by atoms with Gasteiger partial charge < -0.3 is 15.5 Å². The first kappa shape index (κ1) is 24.7. The molecule has 1 aromatic carbocycles. The number of amides is 1. The lowest BCUT2D eigenvalue weighted by atomic mass is 10.1. The van der Waals surface area contributed by atoms with E-state index in [1.54, 1.807) is 19.0 Å². The number of carbonyl (C=O) groups is 1. The summed E-state index contributed by atoms with van der Waals surface area (Å²) < 4.78 is 0. The van der Waals surface area contributed by atoms with Crippen molar-refractivity contribution in [1.29, 1.82) is 0 Å². The van der Waals surface area contributed by atoms with Crippen molar-refractivity contribution in [3.05, 3.63) is 35.4 Å². The average Bonchev–Trinajstić information content (AvgIpc) is 2.68. The molecular weight excluding hydrogens is 465 g/mol. The van der Waals surface area contributed by atoms with Gasteiger partial charge in [0, 0.05) is 40.2 Å². The molecule has 2 N–H and O–H groups in total. The fourth-order valence-electron chi connectivity index (χ4n) is 3.15. The monoisotopic (exact) mass is 501 g/mol. The summed E-state index contributed by atoms with van der Waals surface area (Å²) in [4.78, 5) is 20.4. The van der Waals surface area contributed by atoms with E-state index in [-0.39, 0.29) is 29.9 Å². The number of nitrogens with zero attached hydrogens (tertiary/aromatic N) is 3. The van der Waals surface area contributed by atoms with E-state index in [1.807, 2.05) is 6.92 Å². The predicted molar refractivity (Wildman–Crippen MR) is 127 cm³/mol. The van der Waals surface area contributed by atoms with Crippen molar-refractivity contribution in [3.63, 3.8) is 0 Å². The number of carbonyl (C=O) groups excluding carboxylic acids is 1. The average molecular weight is 501 g/mol. The SMILES string of the molecule is CCNC(=NCc1ccc(CN2CCCCC2)cc1)NCCC(=O)N(C)C.I. The minimum Gasteiger partial charge on any atom is -0.357 e. The van der Waals surface area contributed by atoms with Gasteiger partial charge in [-0.25, -0.2) is 4.99 Å². The number of aliphatic imine (C=N–C) groups is 1. The van der Waals surface area contributed by atoms with Crippen LogP contribution in [0.25, 0.3) is 0 Å². The molecule has 0 spiro atoms. The summed E-state index contributed by atoms with van der Waals surface area (Å²) in [7, 11) is 3.55. The minimum absolute atomic E-state index is 0. The maximum atomic E-state index is 11.7. The van der Waals surface area contributed by atoms with Gasteiger partial charge in [-0.05, 0) is 44.0 Å². The lowest BCUT2D eigenvalue weighted by Gasteiger charge is -2.26. The molecule has 0 radical (unpaired) electrons. The molecule has 1 heterocycles. The Morgan fingerprint density at radius 3 is 2.32 bits per heavy atom. The van der Waals surface area contributed by atoms with Crippen LogP contribution in [0.1, 0.15) is 43.7 Å². The normalized spacial score (nSPS) is 14.9. The zero-order chi connectivity index (χ0) is 19.5. The molecule has 0 bridgehead atoms. The topological polar surface area (TPSA) is 60.0 Å². The first-order chi connectivity index (χ1) is 13.1. The molecule has 0 atom stereocenters. The summed E-state index contributed by atoms with van der Waals surface area (Å²) in [6.07, 6.45) is 4.49. The Balaban J connectivity index is 0.00000392. The van der Waals surface area contributed by atoms with Gasteiger partial charge in [-0.3, -0.25) is 9.69 Å². The Labute approximate surface area is 187 Å². The quantitative estimate of drug-likeness (QED) is 0.327. The predicted octanol–water partition coefficient (Wildman–Crippen LogP) is 2.82. The van der Waals surface area contributed by atoms with Crippen molar-refractivity contribution in [2.24, 2.45) is 4.99 Å². The highest BCUT2D eigenvalue weighted by Gasteiger charge is 2.10. The summed E-state index contributed by atoms with van der Waals surface area (Å²) in [5.41, 5.74) is 2.57. The fraction of sp³-hybridized carbons (Fsp3) is 0.619. The number of hydrogen-bond acceptors (Lipinski definition) is 3. The van der Waals surface area contributed by atoms with Crippen LogP contribution in [0.4, 0.5) is 0 Å². The first-order valence-corrected chi connectivity index (χ1v) is 10.1. The van der Waals surface area contributed by atoms with Crippen LogP contribution < -0.4 is 10.6 Å². The molecule has 1 amide bonds. The number of halogens is 1. The van der Waals surface area contributed by atoms with Gasteiger partial charge in [0.15, 0.2) is 5.96 Å². The standard InChI is InChI=1S/C21H35N5O.HI/c1-4-22-21(23-13-12-20(27)25(2)3)24-16-18-8-10-19(11-9-18)17-26-14-6-5-7-15-26;/h8-11H,4-7,12-17H2,1-3H3,(H2,22,23,24);1H. The van der Waals surface area contributed by atoms with Crippen LogP contribution in [-0.2, 0) is 17.9 Å². The van der Waals surface area contributed by atoms with Gasteiger partial charge >= 0.3 is 0 Å². The third-order valence-corrected chi connectivity index (χ3v) is 4.77. The molecule has 158 valence electrons. The van der Waals surface area contributed by atoms with E-state index in [4.69, 9.17) is 0 Å². The molecule has 1 fully saturated rings. The zero-order valence-corrected chi connectivity index (χ0v) is 19.9. The molecule has 0 aliphatic carbocycles. The summed E-state index contributed by atoms with van der Waals surface area (Å²) in [6.45, 7) is 7.53. The van der Waals surface area contributed by atoms with E-state index in [2.05, 4.69) is 44.8 Å². The smallest absolute Gasteiger partial charge is 0.223 e. The van der Waals surface area contributed by atoms with Crippen LogP contribution in [0.3, 0.4) is 0 Å². The van der Waals surface area contributed by atoms with Crippen LogP contribution in [-0.4, -0.2) is 61.9 Å². The number of hydrogen-bond donors (Lipinski definition) is 2. The Kier molecular flexibility index (Phi) is 12.1. The lowest BCUT2D eigenvalue weighted by Crippen LogP contribution is -2.39. The molecule has 0 aromatic heterocycles. The van der Waals surface area contributed by atoms with Crippen LogP contribution in [0.15, 0.2) is 29.3 Å². The van der Waals surface area contributed by atoms with E-state index in [1.165, 1.54) is 43.5 Å². The molecule has 0 saturated carbocycles. The van der Waals surface area contributed by atoms with Crippen LogP contribution >= 0.6 is 24.0 Å². The Bertz CT molecular complexity index is 597. The van der Waals surface area contributed by atoms with Crippen LogP contribution in [0.2, 0.25) is 0 Å². The molecule has 28 heavy (non-hydrogen) atoms. The Morgan fingerprint density at radius 1 is 1.07 bits per heavy atom. The van der Waals surface area contributed by atoms with Gasteiger partial charge in [-0.2, -0.15) is 0 Å². The molecule has 7 heteroatoms. The number of likely N-dealkylation sites (tertiary alicyclic amines) is 1. The summed E-state index contributed by atoms with van der Waals surface area (Å²) >= 11 is 0. The first-order valence-electron chi connectivity index (χ1n) is 10.1. The lowest BCUT2D eigenvalue weighted by molar-refractivity contribution is -0.128. The zero-order valence-electron chi connectivity index (χ0n) is 17.5. The Morgan fingerprint density at radius 2 is 1.71 bits per heavy atom. The summed E-state index contributed by atoms with van der Waals surface area (Å²) in [5.74, 6) is 0.865.